The maximum absolute atomic E-state index is 6.17. The summed E-state index contributed by atoms with van der Waals surface area (Å²) in [5.41, 5.74) is 5.58. The monoisotopic (exact) mass is 526 g/mol. The molecule has 0 spiro atoms. The van der Waals surface area contributed by atoms with E-state index in [1.54, 1.807) is 31.5 Å². The molecule has 3 aromatic rings. The van der Waals surface area contributed by atoms with Crippen molar-refractivity contribution in [1.82, 2.24) is 5.43 Å². The van der Waals surface area contributed by atoms with Gasteiger partial charge in [0.25, 0.3) is 0 Å². The smallest absolute Gasteiger partial charge is 0.175 e. The molecule has 0 bridgehead atoms. The number of ether oxygens (including phenoxy) is 2. The second-order valence-corrected chi connectivity index (χ2v) is 8.35. The highest BCUT2D eigenvalue weighted by molar-refractivity contribution is 9.10. The van der Waals surface area contributed by atoms with E-state index in [1.807, 2.05) is 36.4 Å². The first-order chi connectivity index (χ1) is 14.5. The summed E-state index contributed by atoms with van der Waals surface area (Å²) >= 11 is 21.8. The minimum absolute atomic E-state index is 0.389. The Morgan fingerprint density at radius 2 is 1.73 bits per heavy atom. The van der Waals surface area contributed by atoms with E-state index >= 15 is 0 Å². The van der Waals surface area contributed by atoms with Crippen LogP contribution in [0.15, 0.2) is 64.2 Å². The fourth-order valence-corrected chi connectivity index (χ4v) is 3.87. The van der Waals surface area contributed by atoms with E-state index in [2.05, 4.69) is 26.5 Å². The standard InChI is InChI=1S/C22H18BrCl3N2O2/c1-29-21-10-15(11-27-28-12-17-19(25)3-2-4-20(17)26)9-18(23)22(21)30-13-14-5-7-16(24)8-6-14/h2-11,28H,12-13H2,1H3/b27-11+. The number of rotatable bonds is 8. The van der Waals surface area contributed by atoms with Gasteiger partial charge in [0.15, 0.2) is 11.5 Å². The lowest BCUT2D eigenvalue weighted by atomic mass is 10.2. The predicted octanol–water partition coefficient (Wildman–Crippen LogP) is 7.12. The van der Waals surface area contributed by atoms with Crippen molar-refractivity contribution in [2.24, 2.45) is 5.10 Å². The van der Waals surface area contributed by atoms with Crippen LogP contribution in [0, 0.1) is 0 Å². The Morgan fingerprint density at radius 1 is 1.03 bits per heavy atom. The molecule has 1 N–H and O–H groups in total. The zero-order valence-corrected chi connectivity index (χ0v) is 19.8. The first-order valence-electron chi connectivity index (χ1n) is 8.91. The third-order valence-electron chi connectivity index (χ3n) is 4.17. The van der Waals surface area contributed by atoms with Gasteiger partial charge in [0.1, 0.15) is 6.61 Å². The molecule has 0 aromatic heterocycles. The van der Waals surface area contributed by atoms with Gasteiger partial charge < -0.3 is 14.9 Å². The Hall–Kier alpha value is -1.92. The number of benzene rings is 3. The molecule has 0 saturated carbocycles. The van der Waals surface area contributed by atoms with Crippen LogP contribution in [0.2, 0.25) is 15.1 Å². The Bertz CT molecular complexity index is 1020. The molecule has 0 fully saturated rings. The van der Waals surface area contributed by atoms with Gasteiger partial charge in [0, 0.05) is 20.6 Å². The van der Waals surface area contributed by atoms with Crippen molar-refractivity contribution in [3.8, 4) is 11.5 Å². The molecular weight excluding hydrogens is 511 g/mol. The molecule has 0 unspecified atom stereocenters. The molecule has 3 aromatic carbocycles. The molecule has 0 amide bonds. The molecule has 0 atom stereocenters. The van der Waals surface area contributed by atoms with E-state index in [0.29, 0.717) is 39.7 Å². The van der Waals surface area contributed by atoms with Crippen LogP contribution in [0.1, 0.15) is 16.7 Å². The van der Waals surface area contributed by atoms with Crippen LogP contribution in [-0.4, -0.2) is 13.3 Å². The second-order valence-electron chi connectivity index (χ2n) is 6.24. The molecule has 8 heteroatoms. The third-order valence-corrected chi connectivity index (χ3v) is 5.72. The van der Waals surface area contributed by atoms with Gasteiger partial charge in [-0.2, -0.15) is 5.10 Å². The number of nitrogens with one attached hydrogen (secondary N) is 1. The van der Waals surface area contributed by atoms with Crippen molar-refractivity contribution in [3.05, 3.63) is 90.8 Å². The molecule has 4 nitrogen and oxygen atoms in total. The van der Waals surface area contributed by atoms with E-state index < -0.39 is 0 Å². The van der Waals surface area contributed by atoms with Crippen molar-refractivity contribution < 1.29 is 9.47 Å². The van der Waals surface area contributed by atoms with Gasteiger partial charge in [-0.1, -0.05) is 53.0 Å². The molecule has 3 rings (SSSR count). The van der Waals surface area contributed by atoms with E-state index in [4.69, 9.17) is 44.3 Å². The van der Waals surface area contributed by atoms with Crippen molar-refractivity contribution in [3.63, 3.8) is 0 Å². The fourth-order valence-electron chi connectivity index (χ4n) is 2.64. The Morgan fingerprint density at radius 3 is 2.40 bits per heavy atom. The highest BCUT2D eigenvalue weighted by Crippen LogP contribution is 2.37. The number of halogens is 4. The van der Waals surface area contributed by atoms with Gasteiger partial charge in [-0.3, -0.25) is 0 Å². The highest BCUT2D eigenvalue weighted by Gasteiger charge is 2.12. The second kappa shape index (κ2) is 10.9. The van der Waals surface area contributed by atoms with Crippen LogP contribution < -0.4 is 14.9 Å². The molecule has 0 aliphatic carbocycles. The lowest BCUT2D eigenvalue weighted by Gasteiger charge is -2.13. The SMILES string of the molecule is COc1cc(/C=N/NCc2c(Cl)cccc2Cl)cc(Br)c1OCc1ccc(Cl)cc1. The Labute approximate surface area is 198 Å². The zero-order valence-electron chi connectivity index (χ0n) is 16.0. The molecule has 156 valence electrons. The summed E-state index contributed by atoms with van der Waals surface area (Å²) in [5, 5.41) is 6.12. The summed E-state index contributed by atoms with van der Waals surface area (Å²) in [6, 6.07) is 16.6. The Kier molecular flexibility index (Phi) is 8.28. The van der Waals surface area contributed by atoms with Crippen LogP contribution in [0.25, 0.3) is 0 Å². The number of hydrogen-bond donors (Lipinski definition) is 1. The maximum atomic E-state index is 6.17. The van der Waals surface area contributed by atoms with E-state index in [0.717, 1.165) is 21.2 Å². The van der Waals surface area contributed by atoms with E-state index in [9.17, 15) is 0 Å². The van der Waals surface area contributed by atoms with Crippen molar-refractivity contribution in [2.45, 2.75) is 13.2 Å². The van der Waals surface area contributed by atoms with Gasteiger partial charge in [-0.05, 0) is 63.5 Å². The number of hydrazone groups is 1. The minimum atomic E-state index is 0.389. The molecule has 0 heterocycles. The lowest BCUT2D eigenvalue weighted by molar-refractivity contribution is 0.282. The van der Waals surface area contributed by atoms with Crippen molar-refractivity contribution in [1.29, 1.82) is 0 Å². The average molecular weight is 529 g/mol. The number of nitrogens with zero attached hydrogens (tertiary/aromatic N) is 1. The third kappa shape index (κ3) is 6.05. The van der Waals surface area contributed by atoms with Crippen LogP contribution in [-0.2, 0) is 13.2 Å². The topological polar surface area (TPSA) is 42.8 Å². The summed E-state index contributed by atoms with van der Waals surface area (Å²) in [6.07, 6.45) is 1.68. The lowest BCUT2D eigenvalue weighted by Crippen LogP contribution is -2.07. The quantitative estimate of drug-likeness (QED) is 0.250. The van der Waals surface area contributed by atoms with Gasteiger partial charge in [-0.25, -0.2) is 0 Å². The van der Waals surface area contributed by atoms with E-state index in [1.165, 1.54) is 0 Å². The maximum Gasteiger partial charge on any atom is 0.175 e. The highest BCUT2D eigenvalue weighted by atomic mass is 79.9. The molecule has 0 aliphatic heterocycles. The first-order valence-corrected chi connectivity index (χ1v) is 10.8. The summed E-state index contributed by atoms with van der Waals surface area (Å²) in [7, 11) is 1.59. The molecular formula is C22H18BrCl3N2O2. The first kappa shape index (κ1) is 22.8. The van der Waals surface area contributed by atoms with Gasteiger partial charge >= 0.3 is 0 Å². The molecule has 0 saturated heterocycles. The van der Waals surface area contributed by atoms with Crippen LogP contribution in [0.4, 0.5) is 0 Å². The molecule has 0 radical (unpaired) electrons. The van der Waals surface area contributed by atoms with Gasteiger partial charge in [-0.15, -0.1) is 0 Å². The van der Waals surface area contributed by atoms with Gasteiger partial charge in [0.05, 0.1) is 24.3 Å². The summed E-state index contributed by atoms with van der Waals surface area (Å²) in [5.74, 6) is 1.20. The van der Waals surface area contributed by atoms with Crippen LogP contribution in [0.5, 0.6) is 11.5 Å². The number of methoxy groups -OCH3 is 1. The van der Waals surface area contributed by atoms with E-state index in [-0.39, 0.29) is 0 Å². The van der Waals surface area contributed by atoms with Crippen molar-refractivity contribution in [2.75, 3.05) is 7.11 Å². The summed E-state index contributed by atoms with van der Waals surface area (Å²) in [6.45, 7) is 0.801. The van der Waals surface area contributed by atoms with Gasteiger partial charge in [0.2, 0.25) is 0 Å². The van der Waals surface area contributed by atoms with Crippen molar-refractivity contribution >= 4 is 56.9 Å². The normalized spacial score (nSPS) is 11.0. The number of hydrogen-bond acceptors (Lipinski definition) is 4. The summed E-state index contributed by atoms with van der Waals surface area (Å²) in [4.78, 5) is 0. The molecule has 30 heavy (non-hydrogen) atoms. The largest absolute Gasteiger partial charge is 0.493 e. The Balaban J connectivity index is 1.67. The minimum Gasteiger partial charge on any atom is -0.493 e. The average Bonchev–Trinajstić information content (AvgIpc) is 2.73. The summed E-state index contributed by atoms with van der Waals surface area (Å²) < 4.78 is 12.2. The zero-order chi connectivity index (χ0) is 21.5. The van der Waals surface area contributed by atoms with Crippen LogP contribution in [0.3, 0.4) is 0 Å². The predicted molar refractivity (Wildman–Crippen MR) is 127 cm³/mol. The van der Waals surface area contributed by atoms with Crippen LogP contribution >= 0.6 is 50.7 Å². The fraction of sp³-hybridized carbons (Fsp3) is 0.136. The molecule has 0 aliphatic rings.